The lowest BCUT2D eigenvalue weighted by Crippen LogP contribution is -1.95. The Labute approximate surface area is 290 Å². The van der Waals surface area contributed by atoms with Crippen LogP contribution >= 0.6 is 0 Å². The molecule has 0 radical (unpaired) electrons. The Hall–Kier alpha value is -6.78. The zero-order valence-corrected chi connectivity index (χ0v) is 27.1. The molecular weight excluding hydrogens is 609 g/mol. The quantitative estimate of drug-likeness (QED) is 0.170. The summed E-state index contributed by atoms with van der Waals surface area (Å²) < 4.78 is 0. The maximum atomic E-state index is 5.01. The van der Waals surface area contributed by atoms with Gasteiger partial charge in [0.15, 0.2) is 11.6 Å². The molecule has 0 amide bonds. The summed E-state index contributed by atoms with van der Waals surface area (Å²) in [5.41, 5.74) is 10.5. The van der Waals surface area contributed by atoms with E-state index in [9.17, 15) is 0 Å². The predicted octanol–water partition coefficient (Wildman–Crippen LogP) is 11.6. The van der Waals surface area contributed by atoms with Crippen LogP contribution in [0, 0.1) is 0 Å². The van der Waals surface area contributed by atoms with Crippen molar-refractivity contribution in [2.45, 2.75) is 0 Å². The van der Waals surface area contributed by atoms with E-state index in [0.717, 1.165) is 66.3 Å². The van der Waals surface area contributed by atoms with Crippen LogP contribution in [0.3, 0.4) is 0 Å². The van der Waals surface area contributed by atoms with Gasteiger partial charge in [0, 0.05) is 34.6 Å². The molecule has 7 aromatic carbocycles. The Balaban J connectivity index is 1.31. The van der Waals surface area contributed by atoms with Crippen molar-refractivity contribution < 1.29 is 0 Å². The largest absolute Gasteiger partial charge is 0.237 e. The van der Waals surface area contributed by atoms with Gasteiger partial charge in [-0.3, -0.25) is 0 Å². The summed E-state index contributed by atoms with van der Waals surface area (Å²) in [6.07, 6.45) is 3.69. The fraction of sp³-hybridized carbons (Fsp3) is 0. The van der Waals surface area contributed by atoms with Crippen LogP contribution in [0.5, 0.6) is 0 Å². The monoisotopic (exact) mass is 638 g/mol. The first-order valence-corrected chi connectivity index (χ1v) is 16.7. The van der Waals surface area contributed by atoms with Crippen LogP contribution in [-0.2, 0) is 0 Å². The second-order valence-electron chi connectivity index (χ2n) is 12.3. The van der Waals surface area contributed by atoms with Gasteiger partial charge in [-0.15, -0.1) is 0 Å². The number of aromatic nitrogens is 4. The van der Waals surface area contributed by atoms with Crippen LogP contribution in [0.1, 0.15) is 0 Å². The number of rotatable bonds is 6. The van der Waals surface area contributed by atoms with Crippen molar-refractivity contribution >= 4 is 21.5 Å². The third-order valence-corrected chi connectivity index (χ3v) is 9.21. The van der Waals surface area contributed by atoms with Gasteiger partial charge < -0.3 is 0 Å². The molecule has 9 rings (SSSR count). The predicted molar refractivity (Wildman–Crippen MR) is 205 cm³/mol. The van der Waals surface area contributed by atoms with Gasteiger partial charge >= 0.3 is 0 Å². The molecule has 234 valence electrons. The van der Waals surface area contributed by atoms with E-state index in [0.29, 0.717) is 11.6 Å². The zero-order chi connectivity index (χ0) is 33.3. The number of benzene rings is 7. The van der Waals surface area contributed by atoms with Crippen molar-refractivity contribution in [2.75, 3.05) is 0 Å². The highest BCUT2D eigenvalue weighted by Gasteiger charge is 2.19. The number of hydrogen-bond donors (Lipinski definition) is 0. The van der Waals surface area contributed by atoms with Crippen molar-refractivity contribution in [2.24, 2.45) is 0 Å². The molecule has 0 atom stereocenters. The Morgan fingerprint density at radius 3 is 1.02 bits per heavy atom. The normalized spacial score (nSPS) is 11.2. The first kappa shape index (κ1) is 29.4. The Morgan fingerprint density at radius 1 is 0.280 bits per heavy atom. The minimum atomic E-state index is 0.694. The first-order valence-electron chi connectivity index (χ1n) is 16.7. The smallest absolute Gasteiger partial charge is 0.159 e. The molecule has 9 aromatic rings. The van der Waals surface area contributed by atoms with Crippen molar-refractivity contribution in [1.82, 2.24) is 19.9 Å². The molecule has 0 unspecified atom stereocenters. The second kappa shape index (κ2) is 12.7. The molecule has 0 saturated heterocycles. The lowest BCUT2D eigenvalue weighted by atomic mass is 9.84. The lowest BCUT2D eigenvalue weighted by Gasteiger charge is -2.19. The van der Waals surface area contributed by atoms with Crippen molar-refractivity contribution in [3.63, 3.8) is 0 Å². The summed E-state index contributed by atoms with van der Waals surface area (Å²) in [4.78, 5) is 19.5. The topological polar surface area (TPSA) is 51.6 Å². The molecule has 0 N–H and O–H groups in total. The highest BCUT2D eigenvalue weighted by Crippen LogP contribution is 2.45. The first-order chi connectivity index (χ1) is 24.8. The Bertz CT molecular complexity index is 2440. The molecule has 4 heteroatoms. The molecule has 2 aromatic heterocycles. The summed E-state index contributed by atoms with van der Waals surface area (Å²) in [5.74, 6) is 1.39. The van der Waals surface area contributed by atoms with E-state index in [4.69, 9.17) is 19.9 Å². The van der Waals surface area contributed by atoms with Gasteiger partial charge in [0.1, 0.15) is 0 Å². The maximum absolute atomic E-state index is 5.01. The van der Waals surface area contributed by atoms with Crippen LogP contribution in [0.2, 0.25) is 0 Å². The van der Waals surface area contributed by atoms with Crippen LogP contribution in [0.4, 0.5) is 0 Å². The lowest BCUT2D eigenvalue weighted by molar-refractivity contribution is 1.18. The summed E-state index contributed by atoms with van der Waals surface area (Å²) in [6.45, 7) is 0. The highest BCUT2D eigenvalue weighted by molar-refractivity contribution is 6.22. The van der Waals surface area contributed by atoms with E-state index in [1.165, 1.54) is 11.1 Å². The Kier molecular flexibility index (Phi) is 7.45. The SMILES string of the molecule is c1ccc(-c2ccnc(-c3ccc4c(-c5ccccc5)c5cc(-c6nccc(-c7ccccc7)n6)ccc5c(-c5ccccc5)c4c3)n2)cc1. The van der Waals surface area contributed by atoms with Crippen molar-refractivity contribution in [1.29, 1.82) is 0 Å². The third-order valence-electron chi connectivity index (χ3n) is 9.21. The molecule has 4 nitrogen and oxygen atoms in total. The molecule has 0 aliphatic rings. The molecule has 2 heterocycles. The van der Waals surface area contributed by atoms with Crippen LogP contribution in [0.15, 0.2) is 182 Å². The zero-order valence-electron chi connectivity index (χ0n) is 27.1. The molecule has 0 fully saturated rings. The molecule has 50 heavy (non-hydrogen) atoms. The van der Waals surface area contributed by atoms with Gasteiger partial charge in [-0.2, -0.15) is 0 Å². The van der Waals surface area contributed by atoms with Crippen LogP contribution < -0.4 is 0 Å². The second-order valence-corrected chi connectivity index (χ2v) is 12.3. The number of hydrogen-bond acceptors (Lipinski definition) is 4. The van der Waals surface area contributed by atoms with Gasteiger partial charge in [0.2, 0.25) is 0 Å². The van der Waals surface area contributed by atoms with Gasteiger partial charge in [-0.25, -0.2) is 19.9 Å². The summed E-state index contributed by atoms with van der Waals surface area (Å²) in [5, 5.41) is 4.59. The maximum Gasteiger partial charge on any atom is 0.159 e. The fourth-order valence-electron chi connectivity index (χ4n) is 6.87. The minimum Gasteiger partial charge on any atom is -0.237 e. The van der Waals surface area contributed by atoms with E-state index in [2.05, 4.69) is 121 Å². The van der Waals surface area contributed by atoms with Crippen molar-refractivity contribution in [3.8, 4) is 67.5 Å². The van der Waals surface area contributed by atoms with Crippen molar-refractivity contribution in [3.05, 3.63) is 182 Å². The van der Waals surface area contributed by atoms with E-state index in [1.807, 2.05) is 60.9 Å². The summed E-state index contributed by atoms with van der Waals surface area (Å²) in [7, 11) is 0. The fourth-order valence-corrected chi connectivity index (χ4v) is 6.87. The minimum absolute atomic E-state index is 0.694. The van der Waals surface area contributed by atoms with Gasteiger partial charge in [-0.1, -0.05) is 146 Å². The number of fused-ring (bicyclic) bond motifs is 2. The van der Waals surface area contributed by atoms with Gasteiger partial charge in [0.05, 0.1) is 11.4 Å². The van der Waals surface area contributed by atoms with E-state index >= 15 is 0 Å². The molecule has 0 aliphatic carbocycles. The summed E-state index contributed by atoms with van der Waals surface area (Å²) >= 11 is 0. The molecule has 0 saturated carbocycles. The van der Waals surface area contributed by atoms with E-state index in [-0.39, 0.29) is 0 Å². The third kappa shape index (κ3) is 5.39. The Morgan fingerprint density at radius 2 is 0.640 bits per heavy atom. The number of nitrogens with zero attached hydrogens (tertiary/aromatic N) is 4. The summed E-state index contributed by atoms with van der Waals surface area (Å²) in [6, 6.07) is 59.0. The van der Waals surface area contributed by atoms with E-state index in [1.54, 1.807) is 0 Å². The van der Waals surface area contributed by atoms with Gasteiger partial charge in [-0.05, 0) is 68.1 Å². The molecular formula is C46H30N4. The molecule has 0 aliphatic heterocycles. The average molecular weight is 639 g/mol. The highest BCUT2D eigenvalue weighted by atomic mass is 14.9. The molecule has 0 bridgehead atoms. The average Bonchev–Trinajstić information content (AvgIpc) is 3.21. The van der Waals surface area contributed by atoms with Crippen LogP contribution in [0.25, 0.3) is 89.1 Å². The van der Waals surface area contributed by atoms with Gasteiger partial charge in [0.25, 0.3) is 0 Å². The van der Waals surface area contributed by atoms with Crippen LogP contribution in [-0.4, -0.2) is 19.9 Å². The standard InChI is InChI=1S/C46H30N4/c1-5-13-31(14-6-1)41-25-27-47-45(49-41)35-21-23-37-39(29-35)43(33-17-9-3-10-18-33)38-24-22-36(30-40(38)44(37)34-19-11-4-12-20-34)46-48-28-26-42(50-46)32-15-7-2-8-16-32/h1-30H. The van der Waals surface area contributed by atoms with E-state index < -0.39 is 0 Å². The molecule has 0 spiro atoms.